The standard InChI is InChI=1S/C22H25N3O4S2/c26-18(23-11-14-5-3-9-28-14)13-30-22-24-20-19(16-7-1-2-8-17(16)31-20)21(27)25(22)12-15-6-4-10-29-15/h3,5,9,15H,1-2,4,6-8,10-13H2,(H,23,26). The van der Waals surface area contributed by atoms with Crippen molar-refractivity contribution >= 4 is 39.2 Å². The largest absolute Gasteiger partial charge is 0.467 e. The lowest BCUT2D eigenvalue weighted by atomic mass is 9.97. The molecule has 0 saturated carbocycles. The normalized spacial score (nSPS) is 18.4. The van der Waals surface area contributed by atoms with Crippen LogP contribution in [0.4, 0.5) is 0 Å². The number of aromatic nitrogens is 2. The second-order valence-electron chi connectivity index (χ2n) is 7.98. The summed E-state index contributed by atoms with van der Waals surface area (Å²) in [6.45, 7) is 1.57. The Balaban J connectivity index is 1.41. The highest BCUT2D eigenvalue weighted by atomic mass is 32.2. The monoisotopic (exact) mass is 459 g/mol. The number of amides is 1. The summed E-state index contributed by atoms with van der Waals surface area (Å²) >= 11 is 2.95. The van der Waals surface area contributed by atoms with Crippen LogP contribution in [0.2, 0.25) is 0 Å². The van der Waals surface area contributed by atoms with Gasteiger partial charge < -0.3 is 14.5 Å². The Hall–Kier alpha value is -2.10. The van der Waals surface area contributed by atoms with Crippen LogP contribution in [0.15, 0.2) is 32.8 Å². The van der Waals surface area contributed by atoms with Gasteiger partial charge in [0.15, 0.2) is 5.16 Å². The van der Waals surface area contributed by atoms with E-state index in [0.717, 1.165) is 48.9 Å². The number of fused-ring (bicyclic) bond motifs is 3. The minimum absolute atomic E-state index is 0.0124. The van der Waals surface area contributed by atoms with Crippen LogP contribution < -0.4 is 10.9 Å². The highest BCUT2D eigenvalue weighted by molar-refractivity contribution is 7.99. The van der Waals surface area contributed by atoms with Crippen LogP contribution >= 0.6 is 23.1 Å². The third-order valence-electron chi connectivity index (χ3n) is 5.82. The summed E-state index contributed by atoms with van der Waals surface area (Å²) in [6, 6.07) is 3.61. The molecule has 1 atom stereocenters. The molecule has 7 nitrogen and oxygen atoms in total. The lowest BCUT2D eigenvalue weighted by molar-refractivity contribution is -0.118. The Morgan fingerprint density at radius 1 is 1.32 bits per heavy atom. The number of rotatable bonds is 7. The number of thiophene rings is 1. The number of nitrogens with zero attached hydrogens (tertiary/aromatic N) is 2. The number of nitrogens with one attached hydrogen (secondary N) is 1. The third kappa shape index (κ3) is 4.44. The molecule has 31 heavy (non-hydrogen) atoms. The Labute approximate surface area is 188 Å². The molecule has 0 bridgehead atoms. The fourth-order valence-corrected chi connectivity index (χ4v) is 6.40. The van der Waals surface area contributed by atoms with Crippen LogP contribution in [-0.4, -0.2) is 33.9 Å². The van der Waals surface area contributed by atoms with Crippen molar-refractivity contribution in [2.75, 3.05) is 12.4 Å². The molecule has 0 spiro atoms. The summed E-state index contributed by atoms with van der Waals surface area (Å²) in [5.74, 6) is 0.775. The first-order chi connectivity index (χ1) is 15.2. The Morgan fingerprint density at radius 3 is 3.03 bits per heavy atom. The van der Waals surface area contributed by atoms with Crippen LogP contribution in [0.1, 0.15) is 41.9 Å². The van der Waals surface area contributed by atoms with Crippen molar-refractivity contribution in [3.63, 3.8) is 0 Å². The van der Waals surface area contributed by atoms with Gasteiger partial charge in [-0.25, -0.2) is 4.98 Å². The number of aryl methyl sites for hydroxylation is 2. The van der Waals surface area contributed by atoms with Gasteiger partial charge >= 0.3 is 0 Å². The lowest BCUT2D eigenvalue weighted by Gasteiger charge is -2.16. The zero-order valence-corrected chi connectivity index (χ0v) is 18.9. The first kappa shape index (κ1) is 20.8. The van der Waals surface area contributed by atoms with Crippen LogP contribution in [0.25, 0.3) is 10.2 Å². The zero-order chi connectivity index (χ0) is 21.2. The smallest absolute Gasteiger partial charge is 0.263 e. The molecule has 1 N–H and O–H groups in total. The summed E-state index contributed by atoms with van der Waals surface area (Å²) in [6.07, 6.45) is 7.84. The van der Waals surface area contributed by atoms with E-state index in [4.69, 9.17) is 14.1 Å². The molecule has 0 aromatic carbocycles. The molecule has 1 unspecified atom stereocenters. The van der Waals surface area contributed by atoms with Gasteiger partial charge in [-0.2, -0.15) is 0 Å². The molecule has 1 amide bonds. The van der Waals surface area contributed by atoms with Crippen molar-refractivity contribution < 1.29 is 13.9 Å². The topological polar surface area (TPSA) is 86.4 Å². The van der Waals surface area contributed by atoms with Crippen molar-refractivity contribution in [1.29, 1.82) is 0 Å². The van der Waals surface area contributed by atoms with E-state index >= 15 is 0 Å². The average molecular weight is 460 g/mol. The van der Waals surface area contributed by atoms with Crippen LogP contribution in [-0.2, 0) is 35.5 Å². The van der Waals surface area contributed by atoms with Gasteiger partial charge in [-0.1, -0.05) is 11.8 Å². The van der Waals surface area contributed by atoms with E-state index in [2.05, 4.69) is 5.32 Å². The predicted molar refractivity (Wildman–Crippen MR) is 121 cm³/mol. The van der Waals surface area contributed by atoms with Crippen LogP contribution in [0.3, 0.4) is 0 Å². The molecule has 1 fully saturated rings. The van der Waals surface area contributed by atoms with Gasteiger partial charge in [-0.15, -0.1) is 11.3 Å². The zero-order valence-electron chi connectivity index (χ0n) is 17.2. The summed E-state index contributed by atoms with van der Waals surface area (Å²) in [5, 5.41) is 4.23. The minimum Gasteiger partial charge on any atom is -0.467 e. The van der Waals surface area contributed by atoms with E-state index in [0.29, 0.717) is 24.0 Å². The van der Waals surface area contributed by atoms with Crippen molar-refractivity contribution in [2.24, 2.45) is 0 Å². The molecular weight excluding hydrogens is 434 g/mol. The number of hydrogen-bond acceptors (Lipinski definition) is 7. The van der Waals surface area contributed by atoms with E-state index in [1.54, 1.807) is 28.2 Å². The summed E-state index contributed by atoms with van der Waals surface area (Å²) < 4.78 is 12.8. The number of carbonyl (C=O) groups is 1. The molecule has 5 rings (SSSR count). The lowest BCUT2D eigenvalue weighted by Crippen LogP contribution is -2.30. The number of thioether (sulfide) groups is 1. The molecule has 3 aromatic heterocycles. The SMILES string of the molecule is O=C(CSc1nc2sc3c(c2c(=O)n1CC1CCCO1)CCCC3)NCc1ccco1. The Morgan fingerprint density at radius 2 is 2.23 bits per heavy atom. The van der Waals surface area contributed by atoms with E-state index in [9.17, 15) is 9.59 Å². The first-order valence-electron chi connectivity index (χ1n) is 10.8. The van der Waals surface area contributed by atoms with Crippen molar-refractivity contribution in [3.8, 4) is 0 Å². The predicted octanol–water partition coefficient (Wildman–Crippen LogP) is 3.52. The Kier molecular flexibility index (Phi) is 6.15. The highest BCUT2D eigenvalue weighted by Crippen LogP contribution is 2.35. The van der Waals surface area contributed by atoms with Crippen LogP contribution in [0, 0.1) is 0 Å². The summed E-state index contributed by atoms with van der Waals surface area (Å²) in [7, 11) is 0. The maximum Gasteiger partial charge on any atom is 0.263 e. The Bertz CT molecular complexity index is 1130. The fraction of sp³-hybridized carbons (Fsp3) is 0.500. The molecule has 1 saturated heterocycles. The maximum atomic E-state index is 13.5. The quantitative estimate of drug-likeness (QED) is 0.430. The van der Waals surface area contributed by atoms with E-state index in [1.807, 2.05) is 6.07 Å². The molecule has 1 aliphatic heterocycles. The second kappa shape index (κ2) is 9.18. The van der Waals surface area contributed by atoms with Gasteiger partial charge in [-0.05, 0) is 56.2 Å². The maximum absolute atomic E-state index is 13.5. The molecule has 2 aliphatic rings. The average Bonchev–Trinajstić information content (AvgIpc) is 3.53. The van der Waals surface area contributed by atoms with E-state index in [1.165, 1.54) is 28.6 Å². The van der Waals surface area contributed by atoms with Crippen LogP contribution in [0.5, 0.6) is 0 Å². The van der Waals surface area contributed by atoms with Crippen molar-refractivity contribution in [3.05, 3.63) is 45.0 Å². The number of ether oxygens (including phenoxy) is 1. The molecule has 9 heteroatoms. The molecule has 164 valence electrons. The molecule has 3 aromatic rings. The summed E-state index contributed by atoms with van der Waals surface area (Å²) in [4.78, 5) is 32.9. The third-order valence-corrected chi connectivity index (χ3v) is 7.98. The van der Waals surface area contributed by atoms with Gasteiger partial charge in [-0.3, -0.25) is 14.2 Å². The van der Waals surface area contributed by atoms with Gasteiger partial charge in [0.25, 0.3) is 5.56 Å². The summed E-state index contributed by atoms with van der Waals surface area (Å²) in [5.41, 5.74) is 1.20. The fourth-order valence-electron chi connectivity index (χ4n) is 4.26. The molecule has 0 radical (unpaired) electrons. The molecular formula is C22H25N3O4S2. The molecule has 4 heterocycles. The molecule has 1 aliphatic carbocycles. The van der Waals surface area contributed by atoms with Gasteiger partial charge in [0.1, 0.15) is 10.6 Å². The van der Waals surface area contributed by atoms with E-state index in [-0.39, 0.29) is 23.3 Å². The van der Waals surface area contributed by atoms with Crippen molar-refractivity contribution in [2.45, 2.75) is 62.9 Å². The van der Waals surface area contributed by atoms with E-state index < -0.39 is 0 Å². The van der Waals surface area contributed by atoms with Gasteiger partial charge in [0.2, 0.25) is 5.91 Å². The second-order valence-corrected chi connectivity index (χ2v) is 10.0. The number of furan rings is 1. The first-order valence-corrected chi connectivity index (χ1v) is 12.6. The number of carbonyl (C=O) groups excluding carboxylic acids is 1. The van der Waals surface area contributed by atoms with Crippen molar-refractivity contribution in [1.82, 2.24) is 14.9 Å². The minimum atomic E-state index is -0.120. The van der Waals surface area contributed by atoms with Gasteiger partial charge in [0, 0.05) is 11.5 Å². The number of hydrogen-bond donors (Lipinski definition) is 1. The van der Waals surface area contributed by atoms with Gasteiger partial charge in [0.05, 0.1) is 36.6 Å². The highest BCUT2D eigenvalue weighted by Gasteiger charge is 2.25.